The Balaban J connectivity index is 2.23. The number of carbonyl (C=O) groups excluding carboxylic acids is 1. The van der Waals surface area contributed by atoms with Crippen molar-refractivity contribution in [2.24, 2.45) is 0 Å². The molecule has 1 rings (SSSR count). The molecule has 1 aromatic rings. The van der Waals surface area contributed by atoms with Gasteiger partial charge in [-0.2, -0.15) is 0 Å². The summed E-state index contributed by atoms with van der Waals surface area (Å²) in [6.07, 6.45) is -0.127. The zero-order valence-corrected chi connectivity index (χ0v) is 11.5. The summed E-state index contributed by atoms with van der Waals surface area (Å²) >= 11 is 0. The molecule has 5 heteroatoms. The number of methoxy groups -OCH3 is 1. The first-order valence-corrected chi connectivity index (χ1v) is 6.32. The number of nitrogens with zero attached hydrogens (tertiary/aromatic N) is 1. The van der Waals surface area contributed by atoms with Crippen LogP contribution in [-0.2, 0) is 9.53 Å². The zero-order chi connectivity index (χ0) is 14.1. The molecular weight excluding hydrogens is 244 g/mol. The zero-order valence-electron chi connectivity index (χ0n) is 11.5. The Labute approximate surface area is 114 Å². The van der Waals surface area contributed by atoms with Crippen LogP contribution in [0.5, 0.6) is 0 Å². The van der Waals surface area contributed by atoms with Gasteiger partial charge >= 0.3 is 0 Å². The predicted molar refractivity (Wildman–Crippen MR) is 75.1 cm³/mol. The molecule has 106 valence electrons. The van der Waals surface area contributed by atoms with Crippen LogP contribution in [0.4, 0.5) is 5.69 Å². The minimum absolute atomic E-state index is 0.0284. The standard InChI is InChI=1S/C14H22N2O3/c1-16(10-13(17)11-19-2)9-8-14(18)15-12-6-4-3-5-7-12/h3-7,13,17H,8-11H2,1-2H3,(H,15,18). The molecular formula is C14H22N2O3. The number of aliphatic hydroxyl groups is 1. The molecule has 5 nitrogen and oxygen atoms in total. The van der Waals surface area contributed by atoms with E-state index in [0.717, 1.165) is 5.69 Å². The molecule has 0 radical (unpaired) electrons. The Morgan fingerprint density at radius 3 is 2.74 bits per heavy atom. The van der Waals surface area contributed by atoms with Crippen molar-refractivity contribution >= 4 is 11.6 Å². The number of rotatable bonds is 8. The lowest BCUT2D eigenvalue weighted by Gasteiger charge is -2.19. The van der Waals surface area contributed by atoms with Gasteiger partial charge < -0.3 is 20.1 Å². The third-order valence-corrected chi connectivity index (χ3v) is 2.66. The molecule has 0 spiro atoms. The smallest absolute Gasteiger partial charge is 0.225 e. The summed E-state index contributed by atoms with van der Waals surface area (Å²) in [7, 11) is 3.42. The number of anilines is 1. The number of para-hydroxylation sites is 1. The normalized spacial score (nSPS) is 12.4. The van der Waals surface area contributed by atoms with Gasteiger partial charge in [-0.15, -0.1) is 0 Å². The fraction of sp³-hybridized carbons (Fsp3) is 0.500. The molecule has 0 bridgehead atoms. The lowest BCUT2D eigenvalue weighted by atomic mass is 10.3. The molecule has 19 heavy (non-hydrogen) atoms. The van der Waals surface area contributed by atoms with E-state index in [-0.39, 0.29) is 5.91 Å². The fourth-order valence-electron chi connectivity index (χ4n) is 1.73. The fourth-order valence-corrected chi connectivity index (χ4v) is 1.73. The van der Waals surface area contributed by atoms with Crippen molar-refractivity contribution in [2.45, 2.75) is 12.5 Å². The second kappa shape index (κ2) is 8.63. The number of amides is 1. The van der Waals surface area contributed by atoms with E-state index >= 15 is 0 Å². The van der Waals surface area contributed by atoms with Crippen molar-refractivity contribution in [3.8, 4) is 0 Å². The molecule has 0 heterocycles. The lowest BCUT2D eigenvalue weighted by Crippen LogP contribution is -2.33. The van der Waals surface area contributed by atoms with Crippen molar-refractivity contribution < 1.29 is 14.6 Å². The number of likely N-dealkylation sites (N-methyl/N-ethyl adjacent to an activating group) is 1. The summed E-state index contributed by atoms with van der Waals surface area (Å²) in [5.74, 6) is -0.0284. The summed E-state index contributed by atoms with van der Waals surface area (Å²) in [6.45, 7) is 1.40. The molecule has 0 saturated carbocycles. The number of carbonyl (C=O) groups is 1. The van der Waals surface area contributed by atoms with Gasteiger partial charge in [0.2, 0.25) is 5.91 Å². The summed E-state index contributed by atoms with van der Waals surface area (Å²) in [5.41, 5.74) is 0.801. The predicted octanol–water partition coefficient (Wildman–Crippen LogP) is 0.954. The Morgan fingerprint density at radius 1 is 1.42 bits per heavy atom. The first-order chi connectivity index (χ1) is 9.11. The molecule has 1 unspecified atom stereocenters. The molecule has 1 amide bonds. The highest BCUT2D eigenvalue weighted by molar-refractivity contribution is 5.90. The molecule has 0 aliphatic carbocycles. The van der Waals surface area contributed by atoms with Crippen LogP contribution in [0.25, 0.3) is 0 Å². The molecule has 2 N–H and O–H groups in total. The second-order valence-electron chi connectivity index (χ2n) is 4.54. The quantitative estimate of drug-likeness (QED) is 0.735. The van der Waals surface area contributed by atoms with Crippen LogP contribution < -0.4 is 5.32 Å². The number of nitrogens with one attached hydrogen (secondary N) is 1. The topological polar surface area (TPSA) is 61.8 Å². The van der Waals surface area contributed by atoms with Crippen LogP contribution in [0.3, 0.4) is 0 Å². The highest BCUT2D eigenvalue weighted by atomic mass is 16.5. The van der Waals surface area contributed by atoms with Gasteiger partial charge in [-0.05, 0) is 19.2 Å². The van der Waals surface area contributed by atoms with Crippen LogP contribution >= 0.6 is 0 Å². The second-order valence-corrected chi connectivity index (χ2v) is 4.54. The van der Waals surface area contributed by atoms with E-state index in [1.54, 1.807) is 7.11 Å². The van der Waals surface area contributed by atoms with Crippen molar-refractivity contribution in [2.75, 3.05) is 39.2 Å². The maximum Gasteiger partial charge on any atom is 0.225 e. The maximum absolute atomic E-state index is 11.7. The van der Waals surface area contributed by atoms with E-state index in [9.17, 15) is 9.90 Å². The van der Waals surface area contributed by atoms with Crippen molar-refractivity contribution in [1.29, 1.82) is 0 Å². The molecule has 0 aromatic heterocycles. The van der Waals surface area contributed by atoms with Gasteiger partial charge in [0.25, 0.3) is 0 Å². The van der Waals surface area contributed by atoms with Crippen LogP contribution in [0.1, 0.15) is 6.42 Å². The highest BCUT2D eigenvalue weighted by Gasteiger charge is 2.09. The van der Waals surface area contributed by atoms with Crippen LogP contribution in [0.15, 0.2) is 30.3 Å². The van der Waals surface area contributed by atoms with E-state index in [0.29, 0.717) is 26.1 Å². The third-order valence-electron chi connectivity index (χ3n) is 2.66. The van der Waals surface area contributed by atoms with Gasteiger partial charge in [0, 0.05) is 32.3 Å². The Morgan fingerprint density at radius 2 is 2.11 bits per heavy atom. The number of aliphatic hydroxyl groups excluding tert-OH is 1. The van der Waals surface area contributed by atoms with Gasteiger partial charge in [-0.3, -0.25) is 4.79 Å². The molecule has 0 fully saturated rings. The summed E-state index contributed by atoms with van der Waals surface area (Å²) in [5, 5.41) is 12.4. The van der Waals surface area contributed by atoms with E-state index in [1.165, 1.54) is 0 Å². The summed E-state index contributed by atoms with van der Waals surface area (Å²) in [6, 6.07) is 9.36. The minimum atomic E-state index is -0.521. The van der Waals surface area contributed by atoms with Gasteiger partial charge in [0.1, 0.15) is 0 Å². The van der Waals surface area contributed by atoms with E-state index < -0.39 is 6.10 Å². The molecule has 0 saturated heterocycles. The first-order valence-electron chi connectivity index (χ1n) is 6.32. The minimum Gasteiger partial charge on any atom is -0.389 e. The van der Waals surface area contributed by atoms with Gasteiger partial charge in [0.05, 0.1) is 12.7 Å². The Kier molecular flexibility index (Phi) is 7.10. The monoisotopic (exact) mass is 266 g/mol. The number of benzene rings is 1. The summed E-state index contributed by atoms with van der Waals surface area (Å²) < 4.78 is 4.85. The number of hydrogen-bond acceptors (Lipinski definition) is 4. The average Bonchev–Trinajstić information content (AvgIpc) is 2.38. The Bertz CT molecular complexity index is 370. The summed E-state index contributed by atoms with van der Waals surface area (Å²) in [4.78, 5) is 13.6. The SMILES string of the molecule is COCC(O)CN(C)CCC(=O)Nc1ccccc1. The van der Waals surface area contributed by atoms with Gasteiger partial charge in [0.15, 0.2) is 0 Å². The van der Waals surface area contributed by atoms with E-state index in [1.807, 2.05) is 42.3 Å². The van der Waals surface area contributed by atoms with Gasteiger partial charge in [-0.1, -0.05) is 18.2 Å². The average molecular weight is 266 g/mol. The molecule has 0 aliphatic rings. The molecule has 0 aliphatic heterocycles. The first kappa shape index (κ1) is 15.6. The van der Waals surface area contributed by atoms with Crippen molar-refractivity contribution in [1.82, 2.24) is 4.90 Å². The van der Waals surface area contributed by atoms with Crippen LogP contribution in [-0.4, -0.2) is 55.9 Å². The van der Waals surface area contributed by atoms with E-state index in [4.69, 9.17) is 4.74 Å². The molecule has 1 aromatic carbocycles. The number of hydrogen-bond donors (Lipinski definition) is 2. The maximum atomic E-state index is 11.7. The molecule has 1 atom stereocenters. The number of ether oxygens (including phenoxy) is 1. The van der Waals surface area contributed by atoms with Crippen LogP contribution in [0, 0.1) is 0 Å². The van der Waals surface area contributed by atoms with Gasteiger partial charge in [-0.25, -0.2) is 0 Å². The van der Waals surface area contributed by atoms with Crippen molar-refractivity contribution in [3.05, 3.63) is 30.3 Å². The Hall–Kier alpha value is -1.43. The third kappa shape index (κ3) is 6.91. The highest BCUT2D eigenvalue weighted by Crippen LogP contribution is 2.05. The van der Waals surface area contributed by atoms with Crippen LogP contribution in [0.2, 0.25) is 0 Å². The van der Waals surface area contributed by atoms with Crippen molar-refractivity contribution in [3.63, 3.8) is 0 Å². The largest absolute Gasteiger partial charge is 0.389 e. The lowest BCUT2D eigenvalue weighted by molar-refractivity contribution is -0.116. The van der Waals surface area contributed by atoms with E-state index in [2.05, 4.69) is 5.32 Å².